The van der Waals surface area contributed by atoms with E-state index in [4.69, 9.17) is 23.2 Å². The van der Waals surface area contributed by atoms with Crippen molar-refractivity contribution in [3.8, 4) is 0 Å². The quantitative estimate of drug-likeness (QED) is 0.311. The highest BCUT2D eigenvalue weighted by atomic mass is 35.5. The van der Waals surface area contributed by atoms with Gasteiger partial charge >= 0.3 is 0 Å². The van der Waals surface area contributed by atoms with E-state index in [1.165, 1.54) is 54.3 Å². The number of hydrogen-bond donors (Lipinski definition) is 1. The molecule has 2 amide bonds. The molecule has 0 saturated heterocycles. The van der Waals surface area contributed by atoms with Gasteiger partial charge in [-0.15, -0.1) is 0 Å². The van der Waals surface area contributed by atoms with Crippen LogP contribution in [0.2, 0.25) is 10.0 Å². The summed E-state index contributed by atoms with van der Waals surface area (Å²) in [6, 6.07) is 16.3. The normalized spacial score (nSPS) is 12.9. The first-order chi connectivity index (χ1) is 18.5. The average Bonchev–Trinajstić information content (AvgIpc) is 2.92. The minimum absolute atomic E-state index is 0.121. The topological polar surface area (TPSA) is 86.8 Å². The van der Waals surface area contributed by atoms with E-state index < -0.39 is 40.2 Å². The van der Waals surface area contributed by atoms with E-state index in [2.05, 4.69) is 5.32 Å². The molecule has 0 aliphatic carbocycles. The predicted molar refractivity (Wildman–Crippen MR) is 152 cm³/mol. The maximum absolute atomic E-state index is 14.9. The minimum Gasteiger partial charge on any atom is -0.352 e. The standard InChI is InChI=1S/C28H30Cl2FN3O4S/c1-4-19(2)32-28(36)20(3)33(17-22-23(29)13-10-14-24(22)30)27(35)18-34(26-16-9-8-15-25(26)31)39(37,38)21-11-6-5-7-12-21/h5-16,19-20H,4,17-18H2,1-3H3,(H,32,36)/t19-,20-/m0/s1. The third kappa shape index (κ3) is 7.29. The molecule has 0 saturated carbocycles. The first-order valence-electron chi connectivity index (χ1n) is 12.3. The number of carbonyl (C=O) groups excluding carboxylic acids is 2. The molecule has 3 aromatic carbocycles. The maximum Gasteiger partial charge on any atom is 0.264 e. The van der Waals surface area contributed by atoms with Crippen molar-refractivity contribution in [1.82, 2.24) is 10.2 Å². The Kier molecular flexibility index (Phi) is 10.4. The molecule has 0 aliphatic heterocycles. The van der Waals surface area contributed by atoms with Crippen molar-refractivity contribution < 1.29 is 22.4 Å². The largest absolute Gasteiger partial charge is 0.352 e. The van der Waals surface area contributed by atoms with Crippen molar-refractivity contribution in [2.24, 2.45) is 0 Å². The molecule has 0 aliphatic rings. The Morgan fingerprint density at radius 1 is 0.923 bits per heavy atom. The Balaban J connectivity index is 2.07. The van der Waals surface area contributed by atoms with Crippen LogP contribution in [0.1, 0.15) is 32.8 Å². The average molecular weight is 595 g/mol. The Labute approximate surface area is 238 Å². The summed E-state index contributed by atoms with van der Waals surface area (Å²) in [7, 11) is -4.37. The van der Waals surface area contributed by atoms with Gasteiger partial charge in [-0.2, -0.15) is 0 Å². The van der Waals surface area contributed by atoms with Gasteiger partial charge in [0.25, 0.3) is 10.0 Å². The van der Waals surface area contributed by atoms with E-state index in [-0.39, 0.29) is 33.2 Å². The van der Waals surface area contributed by atoms with Crippen LogP contribution in [0.15, 0.2) is 77.7 Å². The summed E-state index contributed by atoms with van der Waals surface area (Å²) in [6.45, 7) is 4.31. The molecule has 2 atom stereocenters. The smallest absolute Gasteiger partial charge is 0.264 e. The molecule has 7 nitrogen and oxygen atoms in total. The SMILES string of the molecule is CC[C@H](C)NC(=O)[C@H](C)N(Cc1c(Cl)cccc1Cl)C(=O)CN(c1ccccc1F)S(=O)(=O)c1ccccc1. The third-order valence-electron chi connectivity index (χ3n) is 6.29. The Morgan fingerprint density at radius 2 is 1.51 bits per heavy atom. The molecule has 0 spiro atoms. The monoisotopic (exact) mass is 593 g/mol. The number of anilines is 1. The molecule has 208 valence electrons. The number of nitrogens with one attached hydrogen (secondary N) is 1. The van der Waals surface area contributed by atoms with Crippen LogP contribution in [0.5, 0.6) is 0 Å². The zero-order chi connectivity index (χ0) is 28.7. The first kappa shape index (κ1) is 30.4. The molecule has 0 aromatic heterocycles. The number of hydrogen-bond acceptors (Lipinski definition) is 4. The molecule has 3 aromatic rings. The van der Waals surface area contributed by atoms with Crippen molar-refractivity contribution in [2.75, 3.05) is 10.8 Å². The zero-order valence-electron chi connectivity index (χ0n) is 21.8. The van der Waals surface area contributed by atoms with Crippen LogP contribution in [-0.2, 0) is 26.2 Å². The molecule has 39 heavy (non-hydrogen) atoms. The Morgan fingerprint density at radius 3 is 2.10 bits per heavy atom. The van der Waals surface area contributed by atoms with Gasteiger partial charge in [-0.05, 0) is 56.7 Å². The van der Waals surface area contributed by atoms with Crippen molar-refractivity contribution in [1.29, 1.82) is 0 Å². The molecule has 0 fully saturated rings. The van der Waals surface area contributed by atoms with Gasteiger partial charge in [0.2, 0.25) is 11.8 Å². The molecule has 1 N–H and O–H groups in total. The van der Waals surface area contributed by atoms with Crippen LogP contribution in [0.4, 0.5) is 10.1 Å². The lowest BCUT2D eigenvalue weighted by atomic mass is 10.1. The summed E-state index contributed by atoms with van der Waals surface area (Å²) in [5.74, 6) is -2.02. The number of rotatable bonds is 11. The van der Waals surface area contributed by atoms with Gasteiger partial charge in [0.15, 0.2) is 0 Å². The number of benzene rings is 3. The van der Waals surface area contributed by atoms with E-state index in [0.717, 1.165) is 6.07 Å². The van der Waals surface area contributed by atoms with Crippen LogP contribution in [0.3, 0.4) is 0 Å². The highest BCUT2D eigenvalue weighted by Gasteiger charge is 2.34. The molecule has 0 bridgehead atoms. The van der Waals surface area contributed by atoms with E-state index in [1.807, 2.05) is 13.8 Å². The molecule has 0 radical (unpaired) electrons. The number of sulfonamides is 1. The number of para-hydroxylation sites is 1. The molecule has 0 unspecified atom stereocenters. The summed E-state index contributed by atoms with van der Waals surface area (Å²) in [4.78, 5) is 28.0. The van der Waals surface area contributed by atoms with Gasteiger partial charge in [0.05, 0.1) is 10.6 Å². The second-order valence-corrected chi connectivity index (χ2v) is 11.7. The summed E-state index contributed by atoms with van der Waals surface area (Å²) in [6.07, 6.45) is 0.666. The lowest BCUT2D eigenvalue weighted by Gasteiger charge is -2.33. The number of carbonyl (C=O) groups is 2. The van der Waals surface area contributed by atoms with Crippen LogP contribution in [0.25, 0.3) is 0 Å². The zero-order valence-corrected chi connectivity index (χ0v) is 24.1. The maximum atomic E-state index is 14.9. The molecular weight excluding hydrogens is 564 g/mol. The molecule has 0 heterocycles. The molecule has 3 rings (SSSR count). The van der Waals surface area contributed by atoms with Gasteiger partial charge in [-0.1, -0.05) is 66.5 Å². The van der Waals surface area contributed by atoms with Gasteiger partial charge in [0, 0.05) is 28.2 Å². The van der Waals surface area contributed by atoms with Crippen LogP contribution in [-0.4, -0.2) is 43.8 Å². The fourth-order valence-electron chi connectivity index (χ4n) is 3.79. The molecule has 11 heteroatoms. The van der Waals surface area contributed by atoms with Gasteiger partial charge in [0.1, 0.15) is 18.4 Å². The van der Waals surface area contributed by atoms with Crippen LogP contribution < -0.4 is 9.62 Å². The summed E-state index contributed by atoms with van der Waals surface area (Å²) in [5, 5.41) is 3.39. The highest BCUT2D eigenvalue weighted by molar-refractivity contribution is 7.92. The van der Waals surface area contributed by atoms with E-state index in [9.17, 15) is 22.4 Å². The lowest BCUT2D eigenvalue weighted by Crippen LogP contribution is -2.52. The fourth-order valence-corrected chi connectivity index (χ4v) is 5.75. The Hall–Kier alpha value is -3.14. The van der Waals surface area contributed by atoms with Crippen LogP contribution in [0, 0.1) is 5.82 Å². The summed E-state index contributed by atoms with van der Waals surface area (Å²) in [5.41, 5.74) is 0.0860. The van der Waals surface area contributed by atoms with Crippen LogP contribution >= 0.6 is 23.2 Å². The second kappa shape index (κ2) is 13.3. The highest BCUT2D eigenvalue weighted by Crippen LogP contribution is 2.29. The fraction of sp³-hybridized carbons (Fsp3) is 0.286. The van der Waals surface area contributed by atoms with Crippen molar-refractivity contribution in [3.63, 3.8) is 0 Å². The van der Waals surface area contributed by atoms with Crippen molar-refractivity contribution in [3.05, 3.63) is 94.2 Å². The predicted octanol–water partition coefficient (Wildman–Crippen LogP) is 5.66. The van der Waals surface area contributed by atoms with E-state index >= 15 is 0 Å². The number of halogens is 3. The lowest BCUT2D eigenvalue weighted by molar-refractivity contribution is -0.139. The summed E-state index contributed by atoms with van der Waals surface area (Å²) >= 11 is 12.7. The van der Waals surface area contributed by atoms with E-state index in [1.54, 1.807) is 24.3 Å². The number of amides is 2. The van der Waals surface area contributed by atoms with E-state index in [0.29, 0.717) is 16.3 Å². The van der Waals surface area contributed by atoms with Crippen molar-refractivity contribution in [2.45, 2.75) is 50.7 Å². The second-order valence-electron chi connectivity index (χ2n) is 8.99. The molecular formula is C28H30Cl2FN3O4S. The Bertz CT molecular complexity index is 1400. The van der Waals surface area contributed by atoms with Gasteiger partial charge in [-0.25, -0.2) is 12.8 Å². The van der Waals surface area contributed by atoms with Crippen molar-refractivity contribution >= 4 is 50.7 Å². The minimum atomic E-state index is -4.37. The van der Waals surface area contributed by atoms with Gasteiger partial charge in [-0.3, -0.25) is 13.9 Å². The van der Waals surface area contributed by atoms with Gasteiger partial charge < -0.3 is 10.2 Å². The first-order valence-corrected chi connectivity index (χ1v) is 14.5. The number of nitrogens with zero attached hydrogens (tertiary/aromatic N) is 2. The summed E-state index contributed by atoms with van der Waals surface area (Å²) < 4.78 is 43.0. The third-order valence-corrected chi connectivity index (χ3v) is 8.77.